The molecule has 166 valence electrons. The SMILES string of the molecule is CN(CCO)c1ccc(C=NNC(=O)c2cccc(S(=O)(=O)N3CCOCC3)c2)cc1. The van der Waals surface area contributed by atoms with E-state index >= 15 is 0 Å². The van der Waals surface area contributed by atoms with Crippen molar-refractivity contribution < 1.29 is 23.1 Å². The predicted molar refractivity (Wildman–Crippen MR) is 118 cm³/mol. The van der Waals surface area contributed by atoms with E-state index in [9.17, 15) is 13.2 Å². The van der Waals surface area contributed by atoms with E-state index < -0.39 is 15.9 Å². The Hall–Kier alpha value is -2.79. The van der Waals surface area contributed by atoms with Crippen molar-refractivity contribution in [3.8, 4) is 0 Å². The smallest absolute Gasteiger partial charge is 0.271 e. The normalized spacial score (nSPS) is 15.2. The molecule has 2 aromatic rings. The number of rotatable bonds is 8. The van der Waals surface area contributed by atoms with E-state index in [4.69, 9.17) is 9.84 Å². The highest BCUT2D eigenvalue weighted by atomic mass is 32.2. The number of aliphatic hydroxyl groups excluding tert-OH is 1. The largest absolute Gasteiger partial charge is 0.395 e. The number of hydrogen-bond donors (Lipinski definition) is 2. The summed E-state index contributed by atoms with van der Waals surface area (Å²) in [6, 6.07) is 13.4. The lowest BCUT2D eigenvalue weighted by molar-refractivity contribution is 0.0730. The zero-order valence-corrected chi connectivity index (χ0v) is 18.1. The Morgan fingerprint density at radius 1 is 1.23 bits per heavy atom. The quantitative estimate of drug-likeness (QED) is 0.460. The zero-order valence-electron chi connectivity index (χ0n) is 17.3. The number of nitrogens with one attached hydrogen (secondary N) is 1. The summed E-state index contributed by atoms with van der Waals surface area (Å²) in [7, 11) is -1.80. The maximum atomic E-state index is 12.8. The van der Waals surface area contributed by atoms with Gasteiger partial charge in [-0.2, -0.15) is 9.41 Å². The average Bonchev–Trinajstić information content (AvgIpc) is 2.80. The van der Waals surface area contributed by atoms with Gasteiger partial charge in [-0.15, -0.1) is 0 Å². The number of aliphatic hydroxyl groups is 1. The lowest BCUT2D eigenvalue weighted by Crippen LogP contribution is -2.40. The fourth-order valence-electron chi connectivity index (χ4n) is 3.06. The van der Waals surface area contributed by atoms with Gasteiger partial charge in [0.2, 0.25) is 10.0 Å². The number of benzene rings is 2. The molecule has 2 N–H and O–H groups in total. The number of carbonyl (C=O) groups excluding carboxylic acids is 1. The lowest BCUT2D eigenvalue weighted by Gasteiger charge is -2.26. The first-order valence-electron chi connectivity index (χ1n) is 9.85. The van der Waals surface area contributed by atoms with E-state index in [1.165, 1.54) is 34.8 Å². The van der Waals surface area contributed by atoms with E-state index in [1.807, 2.05) is 36.2 Å². The summed E-state index contributed by atoms with van der Waals surface area (Å²) in [5, 5.41) is 13.0. The highest BCUT2D eigenvalue weighted by molar-refractivity contribution is 7.89. The average molecular weight is 447 g/mol. The molecule has 10 heteroatoms. The first-order valence-corrected chi connectivity index (χ1v) is 11.3. The van der Waals surface area contributed by atoms with Gasteiger partial charge >= 0.3 is 0 Å². The molecular formula is C21H26N4O5S. The number of hydrazone groups is 1. The molecule has 1 aliphatic heterocycles. The monoisotopic (exact) mass is 446 g/mol. The number of morpholine rings is 1. The number of anilines is 1. The summed E-state index contributed by atoms with van der Waals surface area (Å²) in [6.07, 6.45) is 1.50. The molecule has 0 radical (unpaired) electrons. The molecule has 1 saturated heterocycles. The number of hydrogen-bond acceptors (Lipinski definition) is 7. The minimum Gasteiger partial charge on any atom is -0.395 e. The van der Waals surface area contributed by atoms with Gasteiger partial charge < -0.3 is 14.7 Å². The van der Waals surface area contributed by atoms with Gasteiger partial charge in [0.25, 0.3) is 5.91 Å². The summed E-state index contributed by atoms with van der Waals surface area (Å²) in [6.45, 7) is 1.89. The molecule has 2 aromatic carbocycles. The van der Waals surface area contributed by atoms with Gasteiger partial charge in [-0.3, -0.25) is 4.79 Å². The van der Waals surface area contributed by atoms with Crippen LogP contribution in [0.2, 0.25) is 0 Å². The third-order valence-corrected chi connectivity index (χ3v) is 6.75. The number of ether oxygens (including phenoxy) is 1. The summed E-state index contributed by atoms with van der Waals surface area (Å²) in [4.78, 5) is 14.4. The Morgan fingerprint density at radius 3 is 2.61 bits per heavy atom. The topological polar surface area (TPSA) is 112 Å². The Kier molecular flexibility index (Phi) is 7.75. The first-order chi connectivity index (χ1) is 14.9. The van der Waals surface area contributed by atoms with E-state index in [0.29, 0.717) is 19.8 Å². The maximum Gasteiger partial charge on any atom is 0.271 e. The maximum absolute atomic E-state index is 12.8. The van der Waals surface area contributed by atoms with Gasteiger partial charge in [0, 0.05) is 37.9 Å². The highest BCUT2D eigenvalue weighted by Crippen LogP contribution is 2.18. The molecule has 0 atom stereocenters. The molecule has 0 bridgehead atoms. The Balaban J connectivity index is 1.64. The van der Waals surface area contributed by atoms with Gasteiger partial charge in [-0.1, -0.05) is 18.2 Å². The standard InChI is InChI=1S/C21H26N4O5S/c1-24(9-12-26)19-7-5-17(6-8-19)16-22-23-21(27)18-3-2-4-20(15-18)31(28,29)25-10-13-30-14-11-25/h2-8,15-16,26H,9-14H2,1H3,(H,23,27). The second-order valence-corrected chi connectivity index (χ2v) is 8.92. The molecule has 0 saturated carbocycles. The number of likely N-dealkylation sites (N-methyl/N-ethyl adjacent to an activating group) is 1. The fourth-order valence-corrected chi connectivity index (χ4v) is 4.51. The molecule has 0 aliphatic carbocycles. The van der Waals surface area contributed by atoms with Crippen LogP contribution in [0.5, 0.6) is 0 Å². The minimum absolute atomic E-state index is 0.0635. The van der Waals surface area contributed by atoms with E-state index in [0.717, 1.165) is 11.3 Å². The van der Waals surface area contributed by atoms with Gasteiger partial charge in [0.1, 0.15) is 0 Å². The van der Waals surface area contributed by atoms with Crippen LogP contribution in [-0.4, -0.2) is 76.5 Å². The minimum atomic E-state index is -3.68. The van der Waals surface area contributed by atoms with Crippen LogP contribution in [0.25, 0.3) is 0 Å². The molecule has 1 amide bonds. The van der Waals surface area contributed by atoms with Crippen molar-refractivity contribution in [3.63, 3.8) is 0 Å². The molecule has 0 spiro atoms. The predicted octanol–water partition coefficient (Wildman–Crippen LogP) is 0.900. The third-order valence-electron chi connectivity index (χ3n) is 4.85. The molecular weight excluding hydrogens is 420 g/mol. The van der Waals surface area contributed by atoms with Crippen molar-refractivity contribution in [3.05, 3.63) is 59.7 Å². The molecule has 31 heavy (non-hydrogen) atoms. The Morgan fingerprint density at radius 2 is 1.94 bits per heavy atom. The molecule has 0 unspecified atom stereocenters. The second-order valence-electron chi connectivity index (χ2n) is 6.98. The van der Waals surface area contributed by atoms with E-state index in [-0.39, 0.29) is 30.2 Å². The molecule has 0 aromatic heterocycles. The third kappa shape index (κ3) is 5.88. The van der Waals surface area contributed by atoms with Crippen LogP contribution < -0.4 is 10.3 Å². The van der Waals surface area contributed by atoms with Crippen LogP contribution >= 0.6 is 0 Å². The summed E-state index contributed by atoms with van der Waals surface area (Å²) < 4.78 is 32.1. The Bertz CT molecular complexity index is 1020. The molecule has 1 heterocycles. The first kappa shape index (κ1) is 22.9. The van der Waals surface area contributed by atoms with Crippen LogP contribution in [0.4, 0.5) is 5.69 Å². The van der Waals surface area contributed by atoms with Crippen molar-refractivity contribution in [2.75, 3.05) is 51.4 Å². The fraction of sp³-hybridized carbons (Fsp3) is 0.333. The van der Waals surface area contributed by atoms with Crippen LogP contribution in [-0.2, 0) is 14.8 Å². The Labute approximate surface area is 182 Å². The van der Waals surface area contributed by atoms with Gasteiger partial charge in [-0.25, -0.2) is 13.8 Å². The number of carbonyl (C=O) groups is 1. The van der Waals surface area contributed by atoms with Crippen molar-refractivity contribution in [2.45, 2.75) is 4.90 Å². The van der Waals surface area contributed by atoms with Crippen LogP contribution in [0.1, 0.15) is 15.9 Å². The van der Waals surface area contributed by atoms with E-state index in [2.05, 4.69) is 10.5 Å². The molecule has 1 aliphatic rings. The van der Waals surface area contributed by atoms with Crippen molar-refractivity contribution in [2.24, 2.45) is 5.10 Å². The van der Waals surface area contributed by atoms with Crippen molar-refractivity contribution >= 4 is 27.8 Å². The molecule has 3 rings (SSSR count). The number of nitrogens with zero attached hydrogens (tertiary/aromatic N) is 3. The molecule has 1 fully saturated rings. The summed E-state index contributed by atoms with van der Waals surface area (Å²) in [5.74, 6) is -0.505. The number of sulfonamides is 1. The molecule has 9 nitrogen and oxygen atoms in total. The van der Waals surface area contributed by atoms with Gasteiger partial charge in [0.15, 0.2) is 0 Å². The second kappa shape index (κ2) is 10.5. The van der Waals surface area contributed by atoms with Crippen LogP contribution in [0, 0.1) is 0 Å². The zero-order chi connectivity index (χ0) is 22.3. The van der Waals surface area contributed by atoms with Crippen molar-refractivity contribution in [1.82, 2.24) is 9.73 Å². The van der Waals surface area contributed by atoms with Gasteiger partial charge in [0.05, 0.1) is 30.9 Å². The summed E-state index contributed by atoms with van der Waals surface area (Å²) >= 11 is 0. The van der Waals surface area contributed by atoms with Crippen LogP contribution in [0.3, 0.4) is 0 Å². The van der Waals surface area contributed by atoms with E-state index in [1.54, 1.807) is 0 Å². The lowest BCUT2D eigenvalue weighted by atomic mass is 10.2. The van der Waals surface area contributed by atoms with Crippen molar-refractivity contribution in [1.29, 1.82) is 0 Å². The van der Waals surface area contributed by atoms with Gasteiger partial charge in [-0.05, 0) is 35.9 Å². The number of amides is 1. The van der Waals surface area contributed by atoms with Crippen LogP contribution in [0.15, 0.2) is 58.5 Å². The highest BCUT2D eigenvalue weighted by Gasteiger charge is 2.26. The summed E-state index contributed by atoms with van der Waals surface area (Å²) in [5.41, 5.74) is 4.36.